The summed E-state index contributed by atoms with van der Waals surface area (Å²) in [5, 5.41) is 2.53. The van der Waals surface area contributed by atoms with Crippen molar-refractivity contribution in [3.8, 4) is 5.75 Å². The summed E-state index contributed by atoms with van der Waals surface area (Å²) in [6, 6.07) is 8.05. The van der Waals surface area contributed by atoms with Crippen molar-refractivity contribution in [3.05, 3.63) is 77.1 Å². The number of halogens is 4. The van der Waals surface area contributed by atoms with Crippen LogP contribution in [-0.2, 0) is 15.7 Å². The fraction of sp³-hybridized carbons (Fsp3) is 0.333. The lowest BCUT2D eigenvalue weighted by atomic mass is 9.85. The van der Waals surface area contributed by atoms with Crippen molar-refractivity contribution in [2.45, 2.75) is 31.5 Å². The van der Waals surface area contributed by atoms with Crippen LogP contribution in [0.4, 0.5) is 17.6 Å². The van der Waals surface area contributed by atoms with Gasteiger partial charge in [-0.3, -0.25) is 9.59 Å². The molecule has 0 saturated heterocycles. The second-order valence-corrected chi connectivity index (χ2v) is 7.56. The number of methoxy groups -OCH3 is 1. The van der Waals surface area contributed by atoms with Gasteiger partial charge in [0.05, 0.1) is 30.8 Å². The third-order valence-electron chi connectivity index (χ3n) is 5.39. The van der Waals surface area contributed by atoms with Crippen LogP contribution in [0.15, 0.2) is 54.6 Å². The first-order chi connectivity index (χ1) is 15.6. The molecule has 0 unspecified atom stereocenters. The van der Waals surface area contributed by atoms with Crippen LogP contribution in [0.3, 0.4) is 0 Å². The lowest BCUT2D eigenvalue weighted by molar-refractivity contribution is -0.146. The van der Waals surface area contributed by atoms with Crippen molar-refractivity contribution in [1.29, 1.82) is 0 Å². The largest absolute Gasteiger partial charge is 0.497 e. The molecule has 1 N–H and O–H groups in total. The molecule has 2 aromatic rings. The van der Waals surface area contributed by atoms with E-state index in [1.165, 1.54) is 7.11 Å². The monoisotopic (exact) mass is 465 g/mol. The van der Waals surface area contributed by atoms with E-state index in [9.17, 15) is 27.2 Å². The van der Waals surface area contributed by atoms with Gasteiger partial charge < -0.3 is 14.8 Å². The van der Waals surface area contributed by atoms with Gasteiger partial charge in [-0.1, -0.05) is 24.3 Å². The highest BCUT2D eigenvalue weighted by Crippen LogP contribution is 2.36. The fourth-order valence-corrected chi connectivity index (χ4v) is 3.83. The molecule has 176 valence electrons. The van der Waals surface area contributed by atoms with Gasteiger partial charge in [0.1, 0.15) is 11.6 Å². The molecule has 3 rings (SSSR count). The smallest absolute Gasteiger partial charge is 0.416 e. The molecular weight excluding hydrogens is 442 g/mol. The summed E-state index contributed by atoms with van der Waals surface area (Å²) in [4.78, 5) is 25.2. The topological polar surface area (TPSA) is 64.6 Å². The number of esters is 1. The minimum atomic E-state index is -4.70. The van der Waals surface area contributed by atoms with E-state index in [1.54, 1.807) is 43.3 Å². The molecule has 0 fully saturated rings. The zero-order valence-electron chi connectivity index (χ0n) is 18.0. The summed E-state index contributed by atoms with van der Waals surface area (Å²) < 4.78 is 63.3. The van der Waals surface area contributed by atoms with Crippen LogP contribution in [-0.4, -0.2) is 31.6 Å². The van der Waals surface area contributed by atoms with Crippen molar-refractivity contribution < 1.29 is 36.6 Å². The molecular formula is C24H23F4NO4. The Morgan fingerprint density at radius 1 is 1.15 bits per heavy atom. The van der Waals surface area contributed by atoms with E-state index in [0.717, 1.165) is 0 Å². The maximum absolute atomic E-state index is 14.1. The Labute approximate surface area is 188 Å². The molecule has 0 spiro atoms. The van der Waals surface area contributed by atoms with E-state index in [-0.39, 0.29) is 18.9 Å². The molecule has 0 radical (unpaired) electrons. The van der Waals surface area contributed by atoms with Crippen LogP contribution in [0, 0.1) is 11.7 Å². The van der Waals surface area contributed by atoms with E-state index in [1.807, 2.05) is 0 Å². The van der Waals surface area contributed by atoms with Crippen LogP contribution in [0.1, 0.15) is 40.7 Å². The Morgan fingerprint density at radius 2 is 1.91 bits per heavy atom. The predicted molar refractivity (Wildman–Crippen MR) is 112 cm³/mol. The van der Waals surface area contributed by atoms with Crippen molar-refractivity contribution in [3.63, 3.8) is 0 Å². The summed E-state index contributed by atoms with van der Waals surface area (Å²) in [7, 11) is 1.51. The molecule has 1 aliphatic rings. The second-order valence-electron chi connectivity index (χ2n) is 7.56. The van der Waals surface area contributed by atoms with E-state index >= 15 is 0 Å². The minimum Gasteiger partial charge on any atom is -0.497 e. The lowest BCUT2D eigenvalue weighted by Crippen LogP contribution is -2.34. The average molecular weight is 465 g/mol. The van der Waals surface area contributed by atoms with E-state index in [0.29, 0.717) is 29.5 Å². The summed E-state index contributed by atoms with van der Waals surface area (Å²) in [6.07, 6.45) is -1.04. The number of allylic oxidation sites excluding steroid dienone is 1. The molecule has 0 saturated carbocycles. The number of alkyl halides is 3. The van der Waals surface area contributed by atoms with Crippen molar-refractivity contribution in [2.75, 3.05) is 13.7 Å². The molecule has 9 heteroatoms. The highest BCUT2D eigenvalue weighted by molar-refractivity contribution is 5.95. The molecule has 1 amide bonds. The van der Waals surface area contributed by atoms with Crippen LogP contribution >= 0.6 is 0 Å². The number of rotatable bonds is 7. The Balaban J connectivity index is 1.77. The van der Waals surface area contributed by atoms with Gasteiger partial charge in [-0.05, 0) is 55.2 Å². The molecule has 33 heavy (non-hydrogen) atoms. The Kier molecular flexibility index (Phi) is 7.40. The van der Waals surface area contributed by atoms with Crippen molar-refractivity contribution in [1.82, 2.24) is 5.32 Å². The van der Waals surface area contributed by atoms with Gasteiger partial charge in [-0.25, -0.2) is 4.39 Å². The first kappa shape index (κ1) is 24.3. The number of ether oxygens (including phenoxy) is 2. The first-order valence-corrected chi connectivity index (χ1v) is 10.3. The maximum Gasteiger partial charge on any atom is 0.416 e. The van der Waals surface area contributed by atoms with Gasteiger partial charge in [0.15, 0.2) is 0 Å². The zero-order valence-corrected chi connectivity index (χ0v) is 18.0. The average Bonchev–Trinajstić information content (AvgIpc) is 3.21. The summed E-state index contributed by atoms with van der Waals surface area (Å²) in [5.74, 6) is -2.94. The second kappa shape index (κ2) is 10.1. The third-order valence-corrected chi connectivity index (χ3v) is 5.39. The van der Waals surface area contributed by atoms with E-state index < -0.39 is 47.0 Å². The highest BCUT2D eigenvalue weighted by atomic mass is 19.4. The van der Waals surface area contributed by atoms with Gasteiger partial charge in [0.2, 0.25) is 0 Å². The molecule has 0 aromatic heterocycles. The minimum absolute atomic E-state index is 0.185. The van der Waals surface area contributed by atoms with Crippen molar-refractivity contribution in [2.24, 2.45) is 5.92 Å². The van der Waals surface area contributed by atoms with E-state index in [4.69, 9.17) is 9.47 Å². The molecule has 5 nitrogen and oxygen atoms in total. The molecule has 0 bridgehead atoms. The van der Waals surface area contributed by atoms with Crippen LogP contribution in [0.2, 0.25) is 0 Å². The highest BCUT2D eigenvalue weighted by Gasteiger charge is 2.35. The molecule has 0 heterocycles. The summed E-state index contributed by atoms with van der Waals surface area (Å²) >= 11 is 0. The predicted octanol–water partition coefficient (Wildman–Crippen LogP) is 4.87. The fourth-order valence-electron chi connectivity index (χ4n) is 3.83. The number of nitrogens with one attached hydrogen (secondary N) is 1. The van der Waals surface area contributed by atoms with Gasteiger partial charge in [-0.2, -0.15) is 13.2 Å². The van der Waals surface area contributed by atoms with Gasteiger partial charge in [0, 0.05) is 6.04 Å². The molecule has 1 aliphatic carbocycles. The molecule has 2 aromatic carbocycles. The first-order valence-electron chi connectivity index (χ1n) is 10.3. The number of carbonyl (C=O) groups excluding carboxylic acids is 2. The van der Waals surface area contributed by atoms with Crippen LogP contribution in [0.5, 0.6) is 5.75 Å². The lowest BCUT2D eigenvalue weighted by Gasteiger charge is -2.23. The number of hydrogen-bond acceptors (Lipinski definition) is 4. The Bertz CT molecular complexity index is 1050. The van der Waals surface area contributed by atoms with Gasteiger partial charge in [0.25, 0.3) is 5.91 Å². The number of benzene rings is 2. The van der Waals surface area contributed by atoms with Gasteiger partial charge in [-0.15, -0.1) is 0 Å². The quantitative estimate of drug-likeness (QED) is 0.360. The maximum atomic E-state index is 14.1. The van der Waals surface area contributed by atoms with Crippen molar-refractivity contribution >= 4 is 11.9 Å². The van der Waals surface area contributed by atoms with Gasteiger partial charge >= 0.3 is 12.1 Å². The van der Waals surface area contributed by atoms with E-state index in [2.05, 4.69) is 5.32 Å². The zero-order chi connectivity index (χ0) is 24.2. The SMILES string of the molecule is CCOC(=O)[C@H](c1cccc(OC)c1)[C@@H]1C=C[C@H](NC(=O)c2cc(C(F)(F)F)ccc2F)C1. The molecule has 0 aliphatic heterocycles. The normalized spacial score (nSPS) is 18.6. The Morgan fingerprint density at radius 3 is 2.58 bits per heavy atom. The third kappa shape index (κ3) is 5.71. The molecule has 3 atom stereocenters. The standard InChI is InChI=1S/C24H23F4NO4/c1-3-33-23(31)21(14-5-4-6-18(12-14)32-2)15-7-9-17(11-15)29-22(30)19-13-16(24(26,27)28)8-10-20(19)25/h4-10,12-13,15,17,21H,3,11H2,1-2H3,(H,29,30)/t15-,17+,21-/m1/s1. The number of carbonyl (C=O) groups is 2. The number of amides is 1. The number of hydrogen-bond donors (Lipinski definition) is 1. The summed E-state index contributed by atoms with van der Waals surface area (Å²) in [6.45, 7) is 1.88. The van der Waals surface area contributed by atoms with Crippen LogP contribution in [0.25, 0.3) is 0 Å². The van der Waals surface area contributed by atoms with Crippen LogP contribution < -0.4 is 10.1 Å². The Hall–Kier alpha value is -3.36. The summed E-state index contributed by atoms with van der Waals surface area (Å²) in [5.41, 5.74) is -1.15.